The minimum atomic E-state index is -0.791. The summed E-state index contributed by atoms with van der Waals surface area (Å²) in [6.07, 6.45) is 82.6. The summed E-state index contributed by atoms with van der Waals surface area (Å²) in [5.74, 6) is -0.901. The van der Waals surface area contributed by atoms with Crippen molar-refractivity contribution in [2.45, 2.75) is 303 Å². The van der Waals surface area contributed by atoms with Gasteiger partial charge in [0, 0.05) is 19.3 Å². The first kappa shape index (κ1) is 70.3. The molecule has 0 aliphatic rings. The molecule has 1 unspecified atom stereocenters. The number of hydrogen-bond acceptors (Lipinski definition) is 6. The van der Waals surface area contributed by atoms with Crippen molar-refractivity contribution in [3.8, 4) is 0 Å². The zero-order valence-corrected chi connectivity index (χ0v) is 48.6. The molecule has 0 saturated carbocycles. The first-order valence-corrected chi connectivity index (χ1v) is 31.2. The molecule has 0 fully saturated rings. The largest absolute Gasteiger partial charge is 0.462 e. The molecular formula is C68H116O6. The highest BCUT2D eigenvalue weighted by molar-refractivity contribution is 5.71. The van der Waals surface area contributed by atoms with Crippen molar-refractivity contribution in [2.75, 3.05) is 13.2 Å². The average Bonchev–Trinajstić information content (AvgIpc) is 3.40. The number of allylic oxidation sites excluding steroid dienone is 16. The van der Waals surface area contributed by atoms with Crippen LogP contribution in [-0.2, 0) is 28.6 Å². The quantitative estimate of drug-likeness (QED) is 0.0261. The van der Waals surface area contributed by atoms with Crippen LogP contribution in [0.2, 0.25) is 0 Å². The van der Waals surface area contributed by atoms with Gasteiger partial charge in [0.1, 0.15) is 13.2 Å². The molecule has 0 aromatic heterocycles. The van der Waals surface area contributed by atoms with E-state index in [2.05, 4.69) is 118 Å². The molecule has 0 rings (SSSR count). The number of carbonyl (C=O) groups excluding carboxylic acids is 3. The van der Waals surface area contributed by atoms with Crippen LogP contribution < -0.4 is 0 Å². The van der Waals surface area contributed by atoms with E-state index in [0.717, 1.165) is 122 Å². The van der Waals surface area contributed by atoms with Crippen molar-refractivity contribution in [3.05, 3.63) is 97.2 Å². The van der Waals surface area contributed by atoms with Crippen LogP contribution in [0.5, 0.6) is 0 Å². The van der Waals surface area contributed by atoms with Gasteiger partial charge in [0.25, 0.3) is 0 Å². The number of hydrogen-bond donors (Lipinski definition) is 0. The standard InChI is InChI=1S/C68H116O6/c1-4-7-10-13-16-19-22-25-28-30-31-32-33-34-35-36-37-39-40-43-46-49-52-55-58-61-67(70)73-64-65(63-72-66(69)60-57-54-51-48-45-42-27-24-21-18-15-12-9-6-3)74-68(71)62-59-56-53-50-47-44-41-38-29-26-23-20-17-14-11-8-5-2/h7-8,10-11,16-17,19-20,25-26,28-29,31-32,41,44,65H,4-6,9,12-15,18,21-24,27,30,33-40,42-43,45-64H2,1-3H3/b10-7-,11-8-,19-16-,20-17-,28-25-,29-26-,32-31-,44-41-. The second-order valence-electron chi connectivity index (χ2n) is 20.6. The molecule has 74 heavy (non-hydrogen) atoms. The molecule has 0 spiro atoms. The highest BCUT2D eigenvalue weighted by Crippen LogP contribution is 2.16. The fourth-order valence-electron chi connectivity index (χ4n) is 8.72. The summed E-state index contributed by atoms with van der Waals surface area (Å²) in [5, 5.41) is 0. The van der Waals surface area contributed by atoms with Crippen molar-refractivity contribution in [2.24, 2.45) is 0 Å². The molecule has 1 atom stereocenters. The Morgan fingerprint density at radius 2 is 0.527 bits per heavy atom. The van der Waals surface area contributed by atoms with Crippen molar-refractivity contribution < 1.29 is 28.6 Å². The molecule has 424 valence electrons. The third-order valence-electron chi connectivity index (χ3n) is 13.3. The van der Waals surface area contributed by atoms with Gasteiger partial charge in [-0.1, -0.05) is 279 Å². The van der Waals surface area contributed by atoms with Gasteiger partial charge in [-0.25, -0.2) is 0 Å². The molecule has 0 bridgehead atoms. The third kappa shape index (κ3) is 59.2. The van der Waals surface area contributed by atoms with Gasteiger partial charge in [0.05, 0.1) is 0 Å². The Morgan fingerprint density at radius 1 is 0.284 bits per heavy atom. The van der Waals surface area contributed by atoms with Crippen LogP contribution in [0.25, 0.3) is 0 Å². The predicted molar refractivity (Wildman–Crippen MR) is 320 cm³/mol. The Balaban J connectivity index is 4.34. The van der Waals surface area contributed by atoms with E-state index in [9.17, 15) is 14.4 Å². The normalized spacial score (nSPS) is 12.7. The second kappa shape index (κ2) is 61.9. The Bertz CT molecular complexity index is 1460. The third-order valence-corrected chi connectivity index (χ3v) is 13.3. The molecule has 0 amide bonds. The monoisotopic (exact) mass is 1030 g/mol. The molecule has 0 aromatic carbocycles. The number of rotatable bonds is 56. The van der Waals surface area contributed by atoms with E-state index in [4.69, 9.17) is 14.2 Å². The number of ether oxygens (including phenoxy) is 3. The predicted octanol–water partition coefficient (Wildman–Crippen LogP) is 21.3. The summed E-state index contributed by atoms with van der Waals surface area (Å²) in [4.78, 5) is 38.3. The van der Waals surface area contributed by atoms with E-state index in [0.29, 0.717) is 19.3 Å². The zero-order chi connectivity index (χ0) is 53.6. The van der Waals surface area contributed by atoms with Crippen LogP contribution in [-0.4, -0.2) is 37.2 Å². The van der Waals surface area contributed by atoms with Gasteiger partial charge in [-0.05, 0) is 96.3 Å². The van der Waals surface area contributed by atoms with E-state index in [-0.39, 0.29) is 31.1 Å². The van der Waals surface area contributed by atoms with E-state index in [1.54, 1.807) is 0 Å². The van der Waals surface area contributed by atoms with Gasteiger partial charge in [0.15, 0.2) is 6.10 Å². The molecule has 0 heterocycles. The van der Waals surface area contributed by atoms with Gasteiger partial charge in [-0.2, -0.15) is 0 Å². The van der Waals surface area contributed by atoms with Crippen LogP contribution in [0.1, 0.15) is 297 Å². The summed E-state index contributed by atoms with van der Waals surface area (Å²) in [6.45, 7) is 6.42. The summed E-state index contributed by atoms with van der Waals surface area (Å²) < 4.78 is 16.9. The fourth-order valence-corrected chi connectivity index (χ4v) is 8.72. The maximum atomic E-state index is 12.9. The first-order chi connectivity index (χ1) is 36.5. The topological polar surface area (TPSA) is 78.9 Å². The average molecular weight is 1030 g/mol. The maximum absolute atomic E-state index is 12.9. The van der Waals surface area contributed by atoms with Crippen LogP contribution in [0.15, 0.2) is 97.2 Å². The lowest BCUT2D eigenvalue weighted by atomic mass is 10.0. The lowest BCUT2D eigenvalue weighted by Crippen LogP contribution is -2.30. The molecule has 6 nitrogen and oxygen atoms in total. The SMILES string of the molecule is CC/C=C\C/C=C\C/C=C\C/C=C\CCCCCCCCCCCCCCC(=O)OCC(COC(=O)CCCCCCCCCCCCCCCC)OC(=O)CCCCCC/C=C\C/C=C\C/C=C\C/C=C\CC. The van der Waals surface area contributed by atoms with Crippen molar-refractivity contribution in [3.63, 3.8) is 0 Å². The molecule has 0 radical (unpaired) electrons. The van der Waals surface area contributed by atoms with Crippen LogP contribution in [0.3, 0.4) is 0 Å². The minimum absolute atomic E-state index is 0.0853. The van der Waals surface area contributed by atoms with Gasteiger partial charge >= 0.3 is 17.9 Å². The summed E-state index contributed by atoms with van der Waals surface area (Å²) in [6, 6.07) is 0. The number of unbranched alkanes of at least 4 members (excludes halogenated alkanes) is 29. The zero-order valence-electron chi connectivity index (χ0n) is 48.6. The highest BCUT2D eigenvalue weighted by atomic mass is 16.6. The van der Waals surface area contributed by atoms with E-state index in [1.165, 1.54) is 135 Å². The van der Waals surface area contributed by atoms with Crippen molar-refractivity contribution >= 4 is 17.9 Å². The Labute approximate surface area is 457 Å². The van der Waals surface area contributed by atoms with Gasteiger partial charge in [-0.3, -0.25) is 14.4 Å². The molecule has 0 N–H and O–H groups in total. The van der Waals surface area contributed by atoms with Gasteiger partial charge in [0.2, 0.25) is 0 Å². The second-order valence-corrected chi connectivity index (χ2v) is 20.6. The first-order valence-electron chi connectivity index (χ1n) is 31.2. The van der Waals surface area contributed by atoms with Crippen LogP contribution in [0, 0.1) is 0 Å². The molecule has 0 aromatic rings. The van der Waals surface area contributed by atoms with Crippen molar-refractivity contribution in [1.82, 2.24) is 0 Å². The molecular weight excluding hydrogens is 913 g/mol. The van der Waals surface area contributed by atoms with Crippen LogP contribution in [0.4, 0.5) is 0 Å². The molecule has 6 heteroatoms. The van der Waals surface area contributed by atoms with E-state index < -0.39 is 6.10 Å². The summed E-state index contributed by atoms with van der Waals surface area (Å²) in [7, 11) is 0. The fraction of sp³-hybridized carbons (Fsp3) is 0.721. The van der Waals surface area contributed by atoms with Crippen LogP contribution >= 0.6 is 0 Å². The minimum Gasteiger partial charge on any atom is -0.462 e. The maximum Gasteiger partial charge on any atom is 0.306 e. The number of carbonyl (C=O) groups is 3. The lowest BCUT2D eigenvalue weighted by molar-refractivity contribution is -0.167. The van der Waals surface area contributed by atoms with Gasteiger partial charge in [-0.15, -0.1) is 0 Å². The molecule has 0 aliphatic heterocycles. The smallest absolute Gasteiger partial charge is 0.306 e. The summed E-state index contributed by atoms with van der Waals surface area (Å²) in [5.41, 5.74) is 0. The Morgan fingerprint density at radius 3 is 0.824 bits per heavy atom. The summed E-state index contributed by atoms with van der Waals surface area (Å²) >= 11 is 0. The lowest BCUT2D eigenvalue weighted by Gasteiger charge is -2.18. The highest BCUT2D eigenvalue weighted by Gasteiger charge is 2.19. The van der Waals surface area contributed by atoms with E-state index in [1.807, 2.05) is 0 Å². The Kier molecular flexibility index (Phi) is 58.8. The molecule has 0 aliphatic carbocycles. The van der Waals surface area contributed by atoms with E-state index >= 15 is 0 Å². The van der Waals surface area contributed by atoms with Gasteiger partial charge < -0.3 is 14.2 Å². The molecule has 0 saturated heterocycles. The Hall–Kier alpha value is -3.67. The number of esters is 3. The van der Waals surface area contributed by atoms with Crippen molar-refractivity contribution in [1.29, 1.82) is 0 Å².